The van der Waals surface area contributed by atoms with E-state index in [2.05, 4.69) is 5.32 Å². The molecular weight excluding hydrogens is 258 g/mol. The van der Waals surface area contributed by atoms with E-state index in [9.17, 15) is 8.42 Å². The van der Waals surface area contributed by atoms with Crippen LogP contribution in [0.25, 0.3) is 0 Å². The Labute approximate surface area is 118 Å². The highest BCUT2D eigenvalue weighted by Crippen LogP contribution is 2.24. The normalized spacial score (nSPS) is 23.6. The van der Waals surface area contributed by atoms with Gasteiger partial charge in [0, 0.05) is 6.54 Å². The van der Waals surface area contributed by atoms with Crippen molar-refractivity contribution in [2.45, 2.75) is 69.5 Å². The first-order chi connectivity index (χ1) is 9.18. The molecule has 0 unspecified atom stereocenters. The zero-order chi connectivity index (χ0) is 13.6. The maximum absolute atomic E-state index is 12.2. The van der Waals surface area contributed by atoms with Crippen LogP contribution >= 0.6 is 0 Å². The minimum absolute atomic E-state index is 0.0438. The number of hydrogen-bond acceptors (Lipinski definition) is 3. The van der Waals surface area contributed by atoms with Crippen LogP contribution in [-0.2, 0) is 9.84 Å². The molecule has 1 N–H and O–H groups in total. The number of hydrogen-bond donors (Lipinski definition) is 1. The minimum atomic E-state index is -2.85. The molecule has 2 rings (SSSR count). The SMILES string of the molecule is O=S(=O)(CCNCC1CCCCC1)C1CCCCC1. The maximum atomic E-state index is 12.2. The van der Waals surface area contributed by atoms with E-state index in [1.54, 1.807) is 0 Å². The summed E-state index contributed by atoms with van der Waals surface area (Å²) in [5.74, 6) is 1.12. The fourth-order valence-electron chi connectivity index (χ4n) is 3.50. The molecule has 2 aliphatic carbocycles. The van der Waals surface area contributed by atoms with Crippen LogP contribution in [0.15, 0.2) is 0 Å². The van der Waals surface area contributed by atoms with Gasteiger partial charge in [-0.2, -0.15) is 0 Å². The Morgan fingerprint density at radius 1 is 0.842 bits per heavy atom. The molecule has 0 spiro atoms. The Bertz CT molecular complexity index is 341. The average molecular weight is 287 g/mol. The standard InChI is InChI=1S/C15H29NO2S/c17-19(18,15-9-5-2-6-10-15)12-11-16-13-14-7-3-1-4-8-14/h14-16H,1-13H2. The lowest BCUT2D eigenvalue weighted by atomic mass is 9.89. The molecule has 0 aliphatic heterocycles. The van der Waals surface area contributed by atoms with Crippen LogP contribution in [0.4, 0.5) is 0 Å². The van der Waals surface area contributed by atoms with E-state index >= 15 is 0 Å². The quantitative estimate of drug-likeness (QED) is 0.764. The lowest BCUT2D eigenvalue weighted by molar-refractivity contribution is 0.345. The highest BCUT2D eigenvalue weighted by Gasteiger charge is 2.26. The highest BCUT2D eigenvalue weighted by atomic mass is 32.2. The Balaban J connectivity index is 1.63. The maximum Gasteiger partial charge on any atom is 0.154 e. The summed E-state index contributed by atoms with van der Waals surface area (Å²) in [5.41, 5.74) is 0. The predicted octanol–water partition coefficient (Wildman–Crippen LogP) is 2.90. The van der Waals surface area contributed by atoms with Gasteiger partial charge in [0.2, 0.25) is 0 Å². The van der Waals surface area contributed by atoms with Gasteiger partial charge >= 0.3 is 0 Å². The van der Waals surface area contributed by atoms with Crippen molar-refractivity contribution in [1.29, 1.82) is 0 Å². The Morgan fingerprint density at radius 3 is 2.05 bits per heavy atom. The van der Waals surface area contributed by atoms with Gasteiger partial charge in [-0.15, -0.1) is 0 Å². The van der Waals surface area contributed by atoms with Gasteiger partial charge in [0.25, 0.3) is 0 Å². The molecule has 2 fully saturated rings. The van der Waals surface area contributed by atoms with E-state index in [4.69, 9.17) is 0 Å². The van der Waals surface area contributed by atoms with Crippen molar-refractivity contribution >= 4 is 9.84 Å². The van der Waals surface area contributed by atoms with Crippen molar-refractivity contribution in [2.75, 3.05) is 18.8 Å². The molecule has 0 aromatic rings. The van der Waals surface area contributed by atoms with Crippen LogP contribution in [0.2, 0.25) is 0 Å². The summed E-state index contributed by atoms with van der Waals surface area (Å²) < 4.78 is 24.4. The molecule has 0 saturated heterocycles. The largest absolute Gasteiger partial charge is 0.315 e. The summed E-state index contributed by atoms with van der Waals surface area (Å²) in [6.07, 6.45) is 11.9. The first kappa shape index (κ1) is 15.3. The summed E-state index contributed by atoms with van der Waals surface area (Å²) in [6, 6.07) is 0. The number of sulfone groups is 1. The zero-order valence-electron chi connectivity index (χ0n) is 12.1. The predicted molar refractivity (Wildman–Crippen MR) is 80.1 cm³/mol. The van der Waals surface area contributed by atoms with E-state index in [-0.39, 0.29) is 5.25 Å². The molecule has 0 bridgehead atoms. The topological polar surface area (TPSA) is 46.2 Å². The van der Waals surface area contributed by atoms with E-state index < -0.39 is 9.84 Å². The molecule has 19 heavy (non-hydrogen) atoms. The van der Waals surface area contributed by atoms with Crippen LogP contribution in [0.1, 0.15) is 64.2 Å². The molecule has 2 saturated carbocycles. The fraction of sp³-hybridized carbons (Fsp3) is 1.00. The summed E-state index contributed by atoms with van der Waals surface area (Å²) in [5, 5.41) is 3.33. The molecule has 0 radical (unpaired) electrons. The van der Waals surface area contributed by atoms with Crippen molar-refractivity contribution in [1.82, 2.24) is 5.32 Å². The van der Waals surface area contributed by atoms with Gasteiger partial charge in [-0.25, -0.2) is 8.42 Å². The fourth-order valence-corrected chi connectivity index (χ4v) is 5.32. The third-order valence-electron chi connectivity index (χ3n) is 4.78. The lowest BCUT2D eigenvalue weighted by Crippen LogP contribution is -2.33. The third kappa shape index (κ3) is 5.07. The van der Waals surface area contributed by atoms with E-state index in [1.165, 1.54) is 38.5 Å². The van der Waals surface area contributed by atoms with E-state index in [1.807, 2.05) is 0 Å². The number of nitrogens with one attached hydrogen (secondary N) is 1. The second kappa shape index (κ2) is 7.63. The minimum Gasteiger partial charge on any atom is -0.315 e. The molecule has 0 aromatic carbocycles. The summed E-state index contributed by atoms with van der Waals surface area (Å²) in [6.45, 7) is 1.66. The van der Waals surface area contributed by atoms with Crippen molar-refractivity contribution in [3.63, 3.8) is 0 Å². The van der Waals surface area contributed by atoms with Crippen LogP contribution in [-0.4, -0.2) is 32.5 Å². The Morgan fingerprint density at radius 2 is 1.42 bits per heavy atom. The van der Waals surface area contributed by atoms with Gasteiger partial charge in [-0.05, 0) is 38.1 Å². The summed E-state index contributed by atoms with van der Waals surface area (Å²) in [7, 11) is -2.85. The lowest BCUT2D eigenvalue weighted by Gasteiger charge is -2.23. The van der Waals surface area contributed by atoms with Crippen molar-refractivity contribution in [3.05, 3.63) is 0 Å². The van der Waals surface area contributed by atoms with Gasteiger partial charge in [-0.3, -0.25) is 0 Å². The van der Waals surface area contributed by atoms with Crippen LogP contribution in [0, 0.1) is 5.92 Å². The van der Waals surface area contributed by atoms with Gasteiger partial charge in [0.1, 0.15) is 0 Å². The molecular formula is C15H29NO2S. The molecule has 0 amide bonds. The monoisotopic (exact) mass is 287 g/mol. The molecule has 0 heterocycles. The van der Waals surface area contributed by atoms with Crippen molar-refractivity contribution in [3.8, 4) is 0 Å². The number of rotatable bonds is 6. The average Bonchev–Trinajstić information content (AvgIpc) is 2.46. The molecule has 0 atom stereocenters. The molecule has 112 valence electrons. The van der Waals surface area contributed by atoms with Gasteiger partial charge in [0.05, 0.1) is 11.0 Å². The van der Waals surface area contributed by atoms with Crippen LogP contribution in [0.5, 0.6) is 0 Å². The molecule has 4 heteroatoms. The van der Waals surface area contributed by atoms with Gasteiger partial charge in [-0.1, -0.05) is 38.5 Å². The van der Waals surface area contributed by atoms with Crippen molar-refractivity contribution < 1.29 is 8.42 Å². The second-order valence-electron chi connectivity index (χ2n) is 6.34. The Hall–Kier alpha value is -0.0900. The van der Waals surface area contributed by atoms with Gasteiger partial charge < -0.3 is 5.32 Å². The zero-order valence-corrected chi connectivity index (χ0v) is 12.9. The van der Waals surface area contributed by atoms with E-state index in [0.29, 0.717) is 12.3 Å². The third-order valence-corrected chi connectivity index (χ3v) is 7.04. The molecule has 2 aliphatic rings. The molecule has 0 aromatic heterocycles. The highest BCUT2D eigenvalue weighted by molar-refractivity contribution is 7.92. The summed E-state index contributed by atoms with van der Waals surface area (Å²) >= 11 is 0. The Kier molecular flexibility index (Phi) is 6.14. The van der Waals surface area contributed by atoms with Crippen LogP contribution < -0.4 is 5.32 Å². The van der Waals surface area contributed by atoms with E-state index in [0.717, 1.165) is 38.1 Å². The second-order valence-corrected chi connectivity index (χ2v) is 8.74. The molecule has 3 nitrogen and oxygen atoms in total. The summed E-state index contributed by atoms with van der Waals surface area (Å²) in [4.78, 5) is 0. The van der Waals surface area contributed by atoms with Crippen molar-refractivity contribution in [2.24, 2.45) is 5.92 Å². The van der Waals surface area contributed by atoms with Crippen LogP contribution in [0.3, 0.4) is 0 Å². The first-order valence-electron chi connectivity index (χ1n) is 8.11. The smallest absolute Gasteiger partial charge is 0.154 e. The first-order valence-corrected chi connectivity index (χ1v) is 9.82. The van der Waals surface area contributed by atoms with Gasteiger partial charge in [0.15, 0.2) is 9.84 Å².